The summed E-state index contributed by atoms with van der Waals surface area (Å²) in [5.41, 5.74) is 2.61. The molecule has 0 aliphatic carbocycles. The predicted octanol–water partition coefficient (Wildman–Crippen LogP) is 3.86. The van der Waals surface area contributed by atoms with Gasteiger partial charge in [-0.15, -0.1) is 0 Å². The Balaban J connectivity index is 2.28. The number of fused-ring (bicyclic) bond motifs is 1. The second-order valence-electron chi connectivity index (χ2n) is 4.44. The summed E-state index contributed by atoms with van der Waals surface area (Å²) in [6, 6.07) is 14.6. The van der Waals surface area contributed by atoms with E-state index in [1.54, 1.807) is 13.2 Å². The molecule has 3 rings (SSSR count). The smallest absolute Gasteiger partial charge is 0.248 e. The summed E-state index contributed by atoms with van der Waals surface area (Å²) in [4.78, 5) is 14.2. The van der Waals surface area contributed by atoms with Crippen molar-refractivity contribution in [1.82, 2.24) is 4.98 Å². The fourth-order valence-corrected chi connectivity index (χ4v) is 2.41. The highest BCUT2D eigenvalue weighted by Crippen LogP contribution is 2.35. The lowest BCUT2D eigenvalue weighted by atomic mass is 10.0. The summed E-state index contributed by atoms with van der Waals surface area (Å²) >= 11 is 5.91. The van der Waals surface area contributed by atoms with Gasteiger partial charge in [-0.25, -0.2) is 0 Å². The third-order valence-electron chi connectivity index (χ3n) is 3.21. The van der Waals surface area contributed by atoms with Crippen molar-refractivity contribution in [3.8, 4) is 16.9 Å². The number of rotatable bonds is 2. The third-order valence-corrected chi connectivity index (χ3v) is 3.47. The van der Waals surface area contributed by atoms with Gasteiger partial charge in [0.25, 0.3) is 0 Å². The van der Waals surface area contributed by atoms with Crippen molar-refractivity contribution in [3.63, 3.8) is 0 Å². The van der Waals surface area contributed by atoms with Gasteiger partial charge in [-0.05, 0) is 35.9 Å². The fraction of sp³-hybridized carbons (Fsp3) is 0.0625. The van der Waals surface area contributed by atoms with E-state index in [4.69, 9.17) is 16.3 Å². The Bertz CT molecular complexity index is 822. The molecule has 20 heavy (non-hydrogen) atoms. The maximum atomic E-state index is 11.4. The van der Waals surface area contributed by atoms with Gasteiger partial charge in [0.2, 0.25) is 5.56 Å². The van der Waals surface area contributed by atoms with Crippen LogP contribution in [0.15, 0.2) is 53.3 Å². The summed E-state index contributed by atoms with van der Waals surface area (Å²) in [5, 5.41) is 1.57. The van der Waals surface area contributed by atoms with E-state index in [9.17, 15) is 4.79 Å². The van der Waals surface area contributed by atoms with Crippen molar-refractivity contribution in [2.24, 2.45) is 0 Å². The van der Waals surface area contributed by atoms with Gasteiger partial charge in [-0.2, -0.15) is 0 Å². The zero-order valence-corrected chi connectivity index (χ0v) is 11.6. The highest BCUT2D eigenvalue weighted by molar-refractivity contribution is 6.30. The Morgan fingerprint density at radius 3 is 2.45 bits per heavy atom. The summed E-state index contributed by atoms with van der Waals surface area (Å²) in [6.07, 6.45) is 0. The SMILES string of the molecule is COc1c(-c2ccc(Cl)cc2)ccc2[nH]c(=O)ccc12. The topological polar surface area (TPSA) is 42.1 Å². The van der Waals surface area contributed by atoms with Gasteiger partial charge in [-0.1, -0.05) is 23.7 Å². The molecule has 4 heteroatoms. The van der Waals surface area contributed by atoms with Crippen LogP contribution in [0, 0.1) is 0 Å². The summed E-state index contributed by atoms with van der Waals surface area (Å²) in [5.74, 6) is 0.737. The summed E-state index contributed by atoms with van der Waals surface area (Å²) in [7, 11) is 1.62. The normalized spacial score (nSPS) is 10.7. The number of aromatic nitrogens is 1. The molecule has 1 heterocycles. The lowest BCUT2D eigenvalue weighted by molar-refractivity contribution is 0.421. The number of pyridine rings is 1. The van der Waals surface area contributed by atoms with Crippen LogP contribution in [0.4, 0.5) is 0 Å². The number of aromatic amines is 1. The van der Waals surface area contributed by atoms with Crippen molar-refractivity contribution in [2.75, 3.05) is 7.11 Å². The Kier molecular flexibility index (Phi) is 3.20. The molecule has 1 N–H and O–H groups in total. The van der Waals surface area contributed by atoms with Gasteiger partial charge in [0.1, 0.15) is 5.75 Å². The second kappa shape index (κ2) is 5.02. The molecular formula is C16H12ClNO2. The van der Waals surface area contributed by atoms with Gasteiger partial charge < -0.3 is 9.72 Å². The zero-order chi connectivity index (χ0) is 14.1. The first-order chi connectivity index (χ1) is 9.69. The molecule has 0 aliphatic heterocycles. The molecule has 0 amide bonds. The maximum Gasteiger partial charge on any atom is 0.248 e. The van der Waals surface area contributed by atoms with Gasteiger partial charge in [0.15, 0.2) is 0 Å². The Labute approximate surface area is 120 Å². The van der Waals surface area contributed by atoms with E-state index in [1.807, 2.05) is 36.4 Å². The Hall–Kier alpha value is -2.26. The molecule has 0 unspecified atom stereocenters. The van der Waals surface area contributed by atoms with Gasteiger partial charge in [0.05, 0.1) is 12.6 Å². The first kappa shape index (κ1) is 12.8. The van der Waals surface area contributed by atoms with Gasteiger partial charge >= 0.3 is 0 Å². The van der Waals surface area contributed by atoms with Crippen LogP contribution in [0.25, 0.3) is 22.0 Å². The molecule has 3 nitrogen and oxygen atoms in total. The van der Waals surface area contributed by atoms with Crippen LogP contribution < -0.4 is 10.3 Å². The quantitative estimate of drug-likeness (QED) is 0.777. The van der Waals surface area contributed by atoms with Crippen LogP contribution in [-0.4, -0.2) is 12.1 Å². The number of nitrogens with one attached hydrogen (secondary N) is 1. The van der Waals surface area contributed by atoms with Gasteiger partial charge in [0, 0.05) is 22.0 Å². The molecule has 0 radical (unpaired) electrons. The fourth-order valence-electron chi connectivity index (χ4n) is 2.28. The lowest BCUT2D eigenvalue weighted by Crippen LogP contribution is -2.03. The Morgan fingerprint density at radius 2 is 1.75 bits per heavy atom. The van der Waals surface area contributed by atoms with E-state index in [0.717, 1.165) is 27.8 Å². The number of benzene rings is 2. The minimum Gasteiger partial charge on any atom is -0.495 e. The highest BCUT2D eigenvalue weighted by Gasteiger charge is 2.10. The van der Waals surface area contributed by atoms with E-state index < -0.39 is 0 Å². The van der Waals surface area contributed by atoms with E-state index in [1.165, 1.54) is 6.07 Å². The van der Waals surface area contributed by atoms with Gasteiger partial charge in [-0.3, -0.25) is 4.79 Å². The molecule has 0 bridgehead atoms. The van der Waals surface area contributed by atoms with Crippen molar-refractivity contribution < 1.29 is 4.74 Å². The minimum atomic E-state index is -0.126. The van der Waals surface area contributed by atoms with Crippen LogP contribution in [-0.2, 0) is 0 Å². The molecule has 3 aromatic rings. The zero-order valence-electron chi connectivity index (χ0n) is 10.8. The number of hydrogen-bond acceptors (Lipinski definition) is 2. The molecule has 0 atom stereocenters. The number of H-pyrrole nitrogens is 1. The van der Waals surface area contributed by atoms with Crippen molar-refractivity contribution in [1.29, 1.82) is 0 Å². The highest BCUT2D eigenvalue weighted by atomic mass is 35.5. The second-order valence-corrected chi connectivity index (χ2v) is 4.87. The monoisotopic (exact) mass is 285 g/mol. The van der Waals surface area contributed by atoms with E-state index in [2.05, 4.69) is 4.98 Å². The average molecular weight is 286 g/mol. The Morgan fingerprint density at radius 1 is 1.00 bits per heavy atom. The molecule has 100 valence electrons. The first-order valence-corrected chi connectivity index (χ1v) is 6.53. The van der Waals surface area contributed by atoms with Crippen LogP contribution in [0.5, 0.6) is 5.75 Å². The standard InChI is InChI=1S/C16H12ClNO2/c1-20-16-12(10-2-4-11(17)5-3-10)6-8-14-13(16)7-9-15(19)18-14/h2-9H,1H3,(H,18,19). The van der Waals surface area contributed by atoms with Crippen molar-refractivity contribution >= 4 is 22.5 Å². The molecule has 0 fully saturated rings. The number of ether oxygens (including phenoxy) is 1. The van der Waals surface area contributed by atoms with Crippen LogP contribution in [0.2, 0.25) is 5.02 Å². The molecule has 0 saturated heterocycles. The maximum absolute atomic E-state index is 11.4. The lowest BCUT2D eigenvalue weighted by Gasteiger charge is -2.12. The number of methoxy groups -OCH3 is 1. The molecular weight excluding hydrogens is 274 g/mol. The number of halogens is 1. The van der Waals surface area contributed by atoms with E-state index >= 15 is 0 Å². The van der Waals surface area contributed by atoms with Crippen molar-refractivity contribution in [3.05, 3.63) is 63.9 Å². The molecule has 0 saturated carbocycles. The van der Waals surface area contributed by atoms with Crippen LogP contribution in [0.3, 0.4) is 0 Å². The molecule has 0 spiro atoms. The van der Waals surface area contributed by atoms with Crippen LogP contribution >= 0.6 is 11.6 Å². The predicted molar refractivity (Wildman–Crippen MR) is 81.6 cm³/mol. The van der Waals surface area contributed by atoms with E-state index in [-0.39, 0.29) is 5.56 Å². The van der Waals surface area contributed by atoms with Crippen LogP contribution in [0.1, 0.15) is 0 Å². The average Bonchev–Trinajstić information content (AvgIpc) is 2.46. The third kappa shape index (κ3) is 2.17. The summed E-state index contributed by atoms with van der Waals surface area (Å²) in [6.45, 7) is 0. The van der Waals surface area contributed by atoms with Crippen molar-refractivity contribution in [2.45, 2.75) is 0 Å². The largest absolute Gasteiger partial charge is 0.495 e. The molecule has 0 aliphatic rings. The summed E-state index contributed by atoms with van der Waals surface area (Å²) < 4.78 is 5.53. The molecule has 2 aromatic carbocycles. The minimum absolute atomic E-state index is 0.126. The molecule has 1 aromatic heterocycles. The first-order valence-electron chi connectivity index (χ1n) is 6.15. The number of hydrogen-bond donors (Lipinski definition) is 1. The van der Waals surface area contributed by atoms with E-state index in [0.29, 0.717) is 5.02 Å².